The summed E-state index contributed by atoms with van der Waals surface area (Å²) in [5.74, 6) is 0.815. The minimum atomic E-state index is -3.73. The zero-order chi connectivity index (χ0) is 19.4. The van der Waals surface area contributed by atoms with E-state index in [1.807, 2.05) is 24.3 Å². The molecule has 3 rings (SSSR count). The van der Waals surface area contributed by atoms with Crippen molar-refractivity contribution in [3.63, 3.8) is 0 Å². The zero-order valence-corrected chi connectivity index (χ0v) is 17.2. The fraction of sp³-hybridized carbons (Fsp3) is 0.176. The molecule has 1 N–H and O–H groups in total. The molecular weight excluding hydrogens is 429 g/mol. The topological polar surface area (TPSA) is 85.1 Å². The Morgan fingerprint density at radius 2 is 1.63 bits per heavy atom. The molecule has 0 aliphatic carbocycles. The molecule has 0 aliphatic heterocycles. The summed E-state index contributed by atoms with van der Waals surface area (Å²) in [7, 11) is -3.73. The smallest absolute Gasteiger partial charge is 0.276 e. The zero-order valence-electron chi connectivity index (χ0n) is 14.1. The van der Waals surface area contributed by atoms with E-state index in [4.69, 9.17) is 27.6 Å². The Balaban J connectivity index is 1.63. The lowest BCUT2D eigenvalue weighted by Crippen LogP contribution is -2.27. The van der Waals surface area contributed by atoms with Gasteiger partial charge in [0.15, 0.2) is 0 Å². The maximum Gasteiger partial charge on any atom is 0.276 e. The minimum Gasteiger partial charge on any atom is -0.414 e. The minimum absolute atomic E-state index is 0.107. The number of rotatable bonds is 7. The summed E-state index contributed by atoms with van der Waals surface area (Å²) in [5, 5.41) is 9.37. The van der Waals surface area contributed by atoms with E-state index in [0.29, 0.717) is 21.0 Å². The largest absolute Gasteiger partial charge is 0.414 e. The maximum atomic E-state index is 12.4. The Kier molecular flexibility index (Phi) is 6.44. The van der Waals surface area contributed by atoms with Crippen LogP contribution in [0, 0.1) is 0 Å². The standard InChI is InChI=1S/C17H15Cl2N3O3S2/c1-11(22-27(23,24)15-8-6-14(19)7-9-15)16-20-21-17(25-16)26-10-12-2-4-13(18)5-3-12/h2-9,11,22H,10H2,1H3. The van der Waals surface area contributed by atoms with Crippen LogP contribution < -0.4 is 4.72 Å². The quantitative estimate of drug-likeness (QED) is 0.532. The average molecular weight is 444 g/mol. The first-order valence-electron chi connectivity index (χ1n) is 7.82. The Hall–Kier alpha value is -1.58. The second kappa shape index (κ2) is 8.62. The van der Waals surface area contributed by atoms with Crippen LogP contribution in [0.15, 0.2) is 63.1 Å². The molecule has 1 unspecified atom stereocenters. The molecule has 10 heteroatoms. The number of thioether (sulfide) groups is 1. The van der Waals surface area contributed by atoms with Gasteiger partial charge in [0.25, 0.3) is 5.22 Å². The van der Waals surface area contributed by atoms with Crippen LogP contribution in [0.3, 0.4) is 0 Å². The molecule has 1 atom stereocenters. The van der Waals surface area contributed by atoms with Gasteiger partial charge in [-0.05, 0) is 48.9 Å². The van der Waals surface area contributed by atoms with Crippen LogP contribution in [0.4, 0.5) is 0 Å². The van der Waals surface area contributed by atoms with E-state index in [-0.39, 0.29) is 10.8 Å². The number of aromatic nitrogens is 2. The normalized spacial score (nSPS) is 12.9. The van der Waals surface area contributed by atoms with Crippen LogP contribution in [0.2, 0.25) is 10.0 Å². The molecule has 3 aromatic rings. The lowest BCUT2D eigenvalue weighted by molar-refractivity contribution is 0.384. The van der Waals surface area contributed by atoms with E-state index in [2.05, 4.69) is 14.9 Å². The highest BCUT2D eigenvalue weighted by Crippen LogP contribution is 2.25. The Morgan fingerprint density at radius 3 is 2.26 bits per heavy atom. The molecule has 1 aromatic heterocycles. The fourth-order valence-corrected chi connectivity index (χ4v) is 4.32. The summed E-state index contributed by atoms with van der Waals surface area (Å²) < 4.78 is 32.9. The number of nitrogens with zero attached hydrogens (tertiary/aromatic N) is 2. The highest BCUT2D eigenvalue weighted by Gasteiger charge is 2.22. The molecule has 0 amide bonds. The summed E-state index contributed by atoms with van der Waals surface area (Å²) in [4.78, 5) is 0.107. The summed E-state index contributed by atoms with van der Waals surface area (Å²) >= 11 is 13.0. The van der Waals surface area contributed by atoms with E-state index in [1.165, 1.54) is 36.0 Å². The van der Waals surface area contributed by atoms with Crippen LogP contribution in [0.1, 0.15) is 24.4 Å². The lowest BCUT2D eigenvalue weighted by atomic mass is 10.2. The second-order valence-corrected chi connectivity index (χ2v) is 9.13. The van der Waals surface area contributed by atoms with E-state index in [1.54, 1.807) is 6.92 Å². The lowest BCUT2D eigenvalue weighted by Gasteiger charge is -2.10. The van der Waals surface area contributed by atoms with Gasteiger partial charge >= 0.3 is 0 Å². The summed E-state index contributed by atoms with van der Waals surface area (Å²) in [6.45, 7) is 1.63. The monoisotopic (exact) mass is 443 g/mol. The van der Waals surface area contributed by atoms with E-state index >= 15 is 0 Å². The van der Waals surface area contributed by atoms with Crippen molar-refractivity contribution in [3.8, 4) is 0 Å². The molecule has 2 aromatic carbocycles. The van der Waals surface area contributed by atoms with Gasteiger partial charge in [0.05, 0.1) is 10.9 Å². The van der Waals surface area contributed by atoms with E-state index in [9.17, 15) is 8.42 Å². The van der Waals surface area contributed by atoms with Crippen LogP contribution in [-0.4, -0.2) is 18.6 Å². The molecule has 0 spiro atoms. The molecular formula is C17H15Cl2N3O3S2. The highest BCUT2D eigenvalue weighted by atomic mass is 35.5. The second-order valence-electron chi connectivity index (χ2n) is 5.62. The van der Waals surface area contributed by atoms with Gasteiger partial charge in [-0.2, -0.15) is 4.72 Å². The SMILES string of the molecule is CC(NS(=O)(=O)c1ccc(Cl)cc1)c1nnc(SCc2ccc(Cl)cc2)o1. The van der Waals surface area contributed by atoms with Crippen molar-refractivity contribution in [3.05, 3.63) is 70.0 Å². The molecule has 0 saturated heterocycles. The van der Waals surface area contributed by atoms with Gasteiger partial charge in [-0.1, -0.05) is 47.1 Å². The molecule has 0 bridgehead atoms. The Morgan fingerprint density at radius 1 is 1.04 bits per heavy atom. The molecule has 1 heterocycles. The van der Waals surface area contributed by atoms with Crippen molar-refractivity contribution in [2.24, 2.45) is 0 Å². The maximum absolute atomic E-state index is 12.4. The summed E-state index contributed by atoms with van der Waals surface area (Å²) in [6.07, 6.45) is 0. The number of hydrogen-bond acceptors (Lipinski definition) is 6. The highest BCUT2D eigenvalue weighted by molar-refractivity contribution is 7.98. The predicted molar refractivity (Wildman–Crippen MR) is 105 cm³/mol. The third-order valence-electron chi connectivity index (χ3n) is 3.52. The average Bonchev–Trinajstić information content (AvgIpc) is 3.10. The Bertz CT molecular complexity index is 1010. The first-order chi connectivity index (χ1) is 12.8. The first-order valence-corrected chi connectivity index (χ1v) is 11.0. The van der Waals surface area contributed by atoms with Crippen LogP contribution >= 0.6 is 35.0 Å². The number of sulfonamides is 1. The van der Waals surface area contributed by atoms with Gasteiger partial charge in [-0.3, -0.25) is 0 Å². The van der Waals surface area contributed by atoms with E-state index < -0.39 is 16.1 Å². The number of hydrogen-bond donors (Lipinski definition) is 1. The van der Waals surface area contributed by atoms with Crippen LogP contribution in [0.5, 0.6) is 0 Å². The first kappa shape index (κ1) is 20.2. The number of benzene rings is 2. The van der Waals surface area contributed by atoms with Crippen LogP contribution in [-0.2, 0) is 15.8 Å². The van der Waals surface area contributed by atoms with E-state index in [0.717, 1.165) is 5.56 Å². The molecule has 0 radical (unpaired) electrons. The number of nitrogens with one attached hydrogen (secondary N) is 1. The molecule has 0 fully saturated rings. The van der Waals surface area contributed by atoms with Crippen molar-refractivity contribution in [2.75, 3.05) is 0 Å². The fourth-order valence-electron chi connectivity index (χ4n) is 2.14. The predicted octanol–water partition coefficient (Wildman–Crippen LogP) is 4.71. The van der Waals surface area contributed by atoms with Gasteiger partial charge < -0.3 is 4.42 Å². The Labute approximate surface area is 171 Å². The molecule has 27 heavy (non-hydrogen) atoms. The van der Waals surface area contributed by atoms with Crippen molar-refractivity contribution >= 4 is 45.0 Å². The van der Waals surface area contributed by atoms with Crippen molar-refractivity contribution in [1.82, 2.24) is 14.9 Å². The van der Waals surface area contributed by atoms with Crippen molar-refractivity contribution in [2.45, 2.75) is 28.8 Å². The molecule has 142 valence electrons. The van der Waals surface area contributed by atoms with Crippen molar-refractivity contribution in [1.29, 1.82) is 0 Å². The number of halogens is 2. The van der Waals surface area contributed by atoms with Gasteiger partial charge in [0.2, 0.25) is 15.9 Å². The molecule has 6 nitrogen and oxygen atoms in total. The van der Waals surface area contributed by atoms with Gasteiger partial charge in [0, 0.05) is 15.8 Å². The van der Waals surface area contributed by atoms with Gasteiger partial charge in [0.1, 0.15) is 0 Å². The summed E-state index contributed by atoms with van der Waals surface area (Å²) in [5.41, 5.74) is 1.06. The van der Waals surface area contributed by atoms with Gasteiger partial charge in [-0.25, -0.2) is 8.42 Å². The van der Waals surface area contributed by atoms with Crippen molar-refractivity contribution < 1.29 is 12.8 Å². The van der Waals surface area contributed by atoms with Gasteiger partial charge in [-0.15, -0.1) is 10.2 Å². The van der Waals surface area contributed by atoms with Crippen LogP contribution in [0.25, 0.3) is 0 Å². The molecule has 0 aliphatic rings. The summed E-state index contributed by atoms with van der Waals surface area (Å²) in [6, 6.07) is 12.7. The third kappa shape index (κ3) is 5.46. The molecule has 0 saturated carbocycles. The third-order valence-corrected chi connectivity index (χ3v) is 6.47.